The standard InChI is InChI=1S/C13H9F2N3/c1-8-5-10(15)12(6-9(8)14)18-11-3-2-4-17-13(11)7-16/h2-6,18H,1H3. The van der Waals surface area contributed by atoms with Crippen molar-refractivity contribution in [2.75, 3.05) is 5.32 Å². The highest BCUT2D eigenvalue weighted by Gasteiger charge is 2.09. The first-order chi connectivity index (χ1) is 8.61. The summed E-state index contributed by atoms with van der Waals surface area (Å²) in [6, 6.07) is 7.20. The predicted octanol–water partition coefficient (Wildman–Crippen LogP) is 3.28. The molecule has 0 aliphatic heterocycles. The lowest BCUT2D eigenvalue weighted by Gasteiger charge is -2.09. The summed E-state index contributed by atoms with van der Waals surface area (Å²) >= 11 is 0. The lowest BCUT2D eigenvalue weighted by atomic mass is 10.2. The molecule has 0 saturated heterocycles. The molecule has 18 heavy (non-hydrogen) atoms. The van der Waals surface area contributed by atoms with E-state index in [1.54, 1.807) is 12.1 Å². The molecule has 1 aromatic carbocycles. The van der Waals surface area contributed by atoms with Gasteiger partial charge in [-0.3, -0.25) is 0 Å². The third-order valence-electron chi connectivity index (χ3n) is 2.43. The summed E-state index contributed by atoms with van der Waals surface area (Å²) in [6.07, 6.45) is 1.45. The molecule has 0 spiro atoms. The summed E-state index contributed by atoms with van der Waals surface area (Å²) in [5.74, 6) is -1.09. The average Bonchev–Trinajstić information content (AvgIpc) is 2.36. The molecule has 90 valence electrons. The molecule has 0 fully saturated rings. The molecule has 5 heteroatoms. The number of aryl methyl sites for hydroxylation is 1. The van der Waals surface area contributed by atoms with Crippen LogP contribution < -0.4 is 5.32 Å². The quantitative estimate of drug-likeness (QED) is 0.883. The van der Waals surface area contributed by atoms with Gasteiger partial charge in [0.15, 0.2) is 5.69 Å². The lowest BCUT2D eigenvalue weighted by molar-refractivity contribution is 0.595. The first kappa shape index (κ1) is 12.0. The van der Waals surface area contributed by atoms with E-state index in [0.717, 1.165) is 12.1 Å². The van der Waals surface area contributed by atoms with Crippen molar-refractivity contribution < 1.29 is 8.78 Å². The molecule has 1 heterocycles. The van der Waals surface area contributed by atoms with Gasteiger partial charge in [-0.15, -0.1) is 0 Å². The number of aromatic nitrogens is 1. The summed E-state index contributed by atoms with van der Waals surface area (Å²) < 4.78 is 27.0. The molecule has 0 radical (unpaired) electrons. The van der Waals surface area contributed by atoms with Gasteiger partial charge in [0.1, 0.15) is 17.7 Å². The van der Waals surface area contributed by atoms with E-state index in [4.69, 9.17) is 5.26 Å². The predicted molar refractivity (Wildman–Crippen MR) is 63.3 cm³/mol. The fourth-order valence-corrected chi connectivity index (χ4v) is 1.48. The Balaban J connectivity index is 2.41. The smallest absolute Gasteiger partial charge is 0.163 e. The molecule has 1 aromatic heterocycles. The molecule has 0 atom stereocenters. The second kappa shape index (κ2) is 4.80. The van der Waals surface area contributed by atoms with Crippen molar-refractivity contribution in [2.45, 2.75) is 6.92 Å². The van der Waals surface area contributed by atoms with Crippen LogP contribution in [0.4, 0.5) is 20.2 Å². The van der Waals surface area contributed by atoms with Crippen molar-refractivity contribution in [1.82, 2.24) is 4.98 Å². The molecule has 0 unspecified atom stereocenters. The number of nitrogens with one attached hydrogen (secondary N) is 1. The van der Waals surface area contributed by atoms with Gasteiger partial charge in [-0.05, 0) is 30.7 Å². The van der Waals surface area contributed by atoms with E-state index >= 15 is 0 Å². The van der Waals surface area contributed by atoms with Gasteiger partial charge in [0.05, 0.1) is 11.4 Å². The third-order valence-corrected chi connectivity index (χ3v) is 2.43. The number of hydrogen-bond acceptors (Lipinski definition) is 3. The normalized spacial score (nSPS) is 9.89. The Labute approximate surface area is 103 Å². The van der Waals surface area contributed by atoms with Gasteiger partial charge in [-0.1, -0.05) is 0 Å². The van der Waals surface area contributed by atoms with Crippen LogP contribution in [0.1, 0.15) is 11.3 Å². The minimum Gasteiger partial charge on any atom is -0.351 e. The monoisotopic (exact) mass is 245 g/mol. The number of nitriles is 1. The van der Waals surface area contributed by atoms with Crippen LogP contribution in [-0.4, -0.2) is 4.98 Å². The van der Waals surface area contributed by atoms with Crippen molar-refractivity contribution in [3.05, 3.63) is 53.4 Å². The molecule has 3 nitrogen and oxygen atoms in total. The number of nitrogens with zero attached hydrogens (tertiary/aromatic N) is 2. The number of halogens is 2. The van der Waals surface area contributed by atoms with Crippen LogP contribution >= 0.6 is 0 Å². The Hall–Kier alpha value is -2.48. The Bertz CT molecular complexity index is 633. The molecular weight excluding hydrogens is 236 g/mol. The van der Waals surface area contributed by atoms with Crippen molar-refractivity contribution in [3.8, 4) is 6.07 Å². The van der Waals surface area contributed by atoms with Gasteiger partial charge in [0, 0.05) is 12.3 Å². The van der Waals surface area contributed by atoms with Crippen molar-refractivity contribution in [2.24, 2.45) is 0 Å². The van der Waals surface area contributed by atoms with Gasteiger partial charge < -0.3 is 5.32 Å². The maximum absolute atomic E-state index is 13.6. The highest BCUT2D eigenvalue weighted by atomic mass is 19.1. The van der Waals surface area contributed by atoms with Crippen molar-refractivity contribution >= 4 is 11.4 Å². The van der Waals surface area contributed by atoms with Crippen LogP contribution in [0.2, 0.25) is 0 Å². The van der Waals surface area contributed by atoms with Gasteiger partial charge in [0.25, 0.3) is 0 Å². The number of hydrogen-bond donors (Lipinski definition) is 1. The van der Waals surface area contributed by atoms with Gasteiger partial charge >= 0.3 is 0 Å². The van der Waals surface area contributed by atoms with Gasteiger partial charge in [0.2, 0.25) is 0 Å². The largest absolute Gasteiger partial charge is 0.351 e. The maximum atomic E-state index is 13.6. The zero-order valence-electron chi connectivity index (χ0n) is 9.54. The summed E-state index contributed by atoms with van der Waals surface area (Å²) in [4.78, 5) is 3.82. The van der Waals surface area contributed by atoms with E-state index in [1.165, 1.54) is 13.1 Å². The number of rotatable bonds is 2. The fourth-order valence-electron chi connectivity index (χ4n) is 1.48. The summed E-state index contributed by atoms with van der Waals surface area (Å²) in [6.45, 7) is 1.48. The van der Waals surface area contributed by atoms with Gasteiger partial charge in [-0.2, -0.15) is 5.26 Å². The third kappa shape index (κ3) is 2.28. The van der Waals surface area contributed by atoms with Crippen LogP contribution in [-0.2, 0) is 0 Å². The Morgan fingerprint density at radius 2 is 2.00 bits per heavy atom. The van der Waals surface area contributed by atoms with Crippen LogP contribution in [0, 0.1) is 29.9 Å². The van der Waals surface area contributed by atoms with Crippen LogP contribution in [0.15, 0.2) is 30.5 Å². The second-order valence-electron chi connectivity index (χ2n) is 3.72. The average molecular weight is 245 g/mol. The Morgan fingerprint density at radius 3 is 2.72 bits per heavy atom. The summed E-state index contributed by atoms with van der Waals surface area (Å²) in [5.41, 5.74) is 0.660. The Morgan fingerprint density at radius 1 is 1.22 bits per heavy atom. The van der Waals surface area contributed by atoms with Crippen LogP contribution in [0.3, 0.4) is 0 Å². The van der Waals surface area contributed by atoms with E-state index in [-0.39, 0.29) is 16.9 Å². The highest BCUT2D eigenvalue weighted by Crippen LogP contribution is 2.24. The minimum atomic E-state index is -0.582. The van der Waals surface area contributed by atoms with E-state index in [0.29, 0.717) is 5.69 Å². The van der Waals surface area contributed by atoms with Crippen LogP contribution in [0.5, 0.6) is 0 Å². The molecule has 0 bridgehead atoms. The highest BCUT2D eigenvalue weighted by molar-refractivity contribution is 5.65. The molecule has 0 aliphatic carbocycles. The van der Waals surface area contributed by atoms with E-state index in [2.05, 4.69) is 10.3 Å². The zero-order valence-corrected chi connectivity index (χ0v) is 9.54. The van der Waals surface area contributed by atoms with E-state index < -0.39 is 11.6 Å². The number of benzene rings is 1. The maximum Gasteiger partial charge on any atom is 0.163 e. The zero-order chi connectivity index (χ0) is 13.1. The first-order valence-electron chi connectivity index (χ1n) is 5.19. The molecule has 0 saturated carbocycles. The number of anilines is 2. The molecule has 2 aromatic rings. The molecule has 2 rings (SSSR count). The first-order valence-corrected chi connectivity index (χ1v) is 5.19. The lowest BCUT2D eigenvalue weighted by Crippen LogP contribution is -1.99. The molecule has 1 N–H and O–H groups in total. The number of pyridine rings is 1. The molecule has 0 aliphatic rings. The SMILES string of the molecule is Cc1cc(F)c(Nc2cccnc2C#N)cc1F. The van der Waals surface area contributed by atoms with Crippen LogP contribution in [0.25, 0.3) is 0 Å². The Kier molecular flexibility index (Phi) is 3.20. The van der Waals surface area contributed by atoms with E-state index in [9.17, 15) is 8.78 Å². The van der Waals surface area contributed by atoms with Crippen molar-refractivity contribution in [3.63, 3.8) is 0 Å². The summed E-state index contributed by atoms with van der Waals surface area (Å²) in [7, 11) is 0. The molecular formula is C13H9F2N3. The van der Waals surface area contributed by atoms with Crippen molar-refractivity contribution in [1.29, 1.82) is 5.26 Å². The second-order valence-corrected chi connectivity index (χ2v) is 3.72. The summed E-state index contributed by atoms with van der Waals surface area (Å²) in [5, 5.41) is 11.5. The minimum absolute atomic E-state index is 0.0254. The molecule has 0 amide bonds. The topological polar surface area (TPSA) is 48.7 Å². The fraction of sp³-hybridized carbons (Fsp3) is 0.0769. The van der Waals surface area contributed by atoms with E-state index in [1.807, 2.05) is 6.07 Å². The van der Waals surface area contributed by atoms with Gasteiger partial charge in [-0.25, -0.2) is 13.8 Å².